The first-order valence-electron chi connectivity index (χ1n) is 21.6. The number of methoxy groups -OCH3 is 1. The zero-order valence-electron chi connectivity index (χ0n) is 38.6. The van der Waals surface area contributed by atoms with Crippen LogP contribution in [0.2, 0.25) is 18.1 Å². The fourth-order valence-electron chi connectivity index (χ4n) is 7.59. The Hall–Kier alpha value is -5.49. The number of benzene rings is 4. The molecule has 7 rings (SSSR count). The van der Waals surface area contributed by atoms with Gasteiger partial charge in [0.1, 0.15) is 35.4 Å². The van der Waals surface area contributed by atoms with E-state index in [-0.39, 0.29) is 28.8 Å². The number of phosphoric acid groups is 1. The highest BCUT2D eigenvalue weighted by Crippen LogP contribution is 2.50. The quantitative estimate of drug-likeness (QED) is 0.0421. The molecule has 1 amide bonds. The molecular formula is C48H58N5O11PSi. The number of rotatable bonds is 18. The van der Waals surface area contributed by atoms with Crippen LogP contribution in [0.25, 0.3) is 11.2 Å². The number of imidazole rings is 1. The molecule has 18 heteroatoms. The Kier molecular flexibility index (Phi) is 14.5. The second kappa shape index (κ2) is 19.8. The van der Waals surface area contributed by atoms with Crippen LogP contribution in [0.15, 0.2) is 120 Å². The van der Waals surface area contributed by atoms with E-state index in [0.29, 0.717) is 17.4 Å². The van der Waals surface area contributed by atoms with Gasteiger partial charge in [-0.1, -0.05) is 120 Å². The summed E-state index contributed by atoms with van der Waals surface area (Å²) in [7, 11) is -4.68. The van der Waals surface area contributed by atoms with Crippen molar-refractivity contribution in [3.05, 3.63) is 148 Å². The van der Waals surface area contributed by atoms with E-state index in [1.54, 1.807) is 23.8 Å². The molecule has 2 unspecified atom stereocenters. The molecule has 0 bridgehead atoms. The molecule has 1 aliphatic rings. The van der Waals surface area contributed by atoms with Crippen LogP contribution >= 0.6 is 7.82 Å². The minimum atomic E-state index is -4.56. The highest BCUT2D eigenvalue weighted by molar-refractivity contribution is 7.47. The SMILES string of the molecule is COc1ccc(C(O[C@@H]2C(COP(=O)(O)OC)O[C@@H](n3cnc4c(=O)[nH]c(NC(=O)COc5ccc(C(C)C)cc5)nc43)[C@@H]2O[Si](C)(C)C(C)(C)C)(c2ccccc2)c2ccccc2)cc1. The number of aromatic amines is 1. The molecule has 2 aromatic heterocycles. The molecule has 1 saturated heterocycles. The van der Waals surface area contributed by atoms with Crippen molar-refractivity contribution in [3.8, 4) is 11.5 Å². The van der Waals surface area contributed by atoms with E-state index in [1.165, 1.54) is 6.33 Å². The summed E-state index contributed by atoms with van der Waals surface area (Å²) in [6.07, 6.45) is -2.91. The van der Waals surface area contributed by atoms with Crippen LogP contribution in [0.3, 0.4) is 0 Å². The summed E-state index contributed by atoms with van der Waals surface area (Å²) in [4.78, 5) is 49.2. The topological polar surface area (TPSA) is 195 Å². The molecule has 5 atom stereocenters. The molecule has 0 spiro atoms. The number of amides is 1. The van der Waals surface area contributed by atoms with Crippen molar-refractivity contribution in [3.63, 3.8) is 0 Å². The van der Waals surface area contributed by atoms with Gasteiger partial charge < -0.3 is 28.3 Å². The van der Waals surface area contributed by atoms with Crippen LogP contribution in [-0.4, -0.2) is 84.4 Å². The van der Waals surface area contributed by atoms with Gasteiger partial charge in [0.2, 0.25) is 5.95 Å². The summed E-state index contributed by atoms with van der Waals surface area (Å²) in [6, 6.07) is 34.4. The van der Waals surface area contributed by atoms with Crippen molar-refractivity contribution in [2.45, 2.75) is 88.8 Å². The second-order valence-corrected chi connectivity index (χ2v) is 24.2. The Morgan fingerprint density at radius 3 is 2.05 bits per heavy atom. The number of carbonyl (C=O) groups excluding carboxylic acids is 1. The van der Waals surface area contributed by atoms with Gasteiger partial charge in [-0.25, -0.2) is 9.55 Å². The van der Waals surface area contributed by atoms with E-state index in [4.69, 9.17) is 32.4 Å². The molecule has 3 heterocycles. The Bertz CT molecular complexity index is 2650. The molecule has 0 saturated carbocycles. The maximum Gasteiger partial charge on any atom is 0.472 e. The Morgan fingerprint density at radius 2 is 1.48 bits per heavy atom. The Morgan fingerprint density at radius 1 is 0.894 bits per heavy atom. The highest BCUT2D eigenvalue weighted by atomic mass is 31.2. The summed E-state index contributed by atoms with van der Waals surface area (Å²) in [5.74, 6) is 0.751. The zero-order chi connectivity index (χ0) is 47.4. The molecule has 3 N–H and O–H groups in total. The van der Waals surface area contributed by atoms with Crippen LogP contribution in [0, 0.1) is 0 Å². The van der Waals surface area contributed by atoms with Crippen molar-refractivity contribution in [1.29, 1.82) is 0 Å². The minimum Gasteiger partial charge on any atom is -0.497 e. The summed E-state index contributed by atoms with van der Waals surface area (Å²) >= 11 is 0. The molecule has 6 aromatic rings. The number of nitrogens with one attached hydrogen (secondary N) is 2. The number of hydrogen-bond donors (Lipinski definition) is 3. The lowest BCUT2D eigenvalue weighted by atomic mass is 9.79. The van der Waals surface area contributed by atoms with E-state index in [2.05, 4.69) is 68.0 Å². The first-order valence-corrected chi connectivity index (χ1v) is 26.1. The monoisotopic (exact) mass is 939 g/mol. The average Bonchev–Trinajstić information content (AvgIpc) is 3.87. The van der Waals surface area contributed by atoms with Gasteiger partial charge in [-0.3, -0.25) is 33.5 Å². The fraction of sp³-hybridized carbons (Fsp3) is 0.375. The smallest absolute Gasteiger partial charge is 0.472 e. The molecule has 16 nitrogen and oxygen atoms in total. The zero-order valence-corrected chi connectivity index (χ0v) is 40.5. The minimum absolute atomic E-state index is 0.0401. The van der Waals surface area contributed by atoms with Crippen molar-refractivity contribution >= 4 is 39.2 Å². The maximum absolute atomic E-state index is 13.7. The van der Waals surface area contributed by atoms with E-state index >= 15 is 0 Å². The third-order valence-electron chi connectivity index (χ3n) is 12.2. The molecule has 66 heavy (non-hydrogen) atoms. The predicted molar refractivity (Wildman–Crippen MR) is 252 cm³/mol. The molecule has 0 radical (unpaired) electrons. The fourth-order valence-corrected chi connectivity index (χ4v) is 9.31. The standard InChI is InChI=1S/C48H58N5O11PSi/c1-31(2)32-20-24-37(25-21-32)60-29-39(54)50-46-51-43-40(44(55)52-46)49-30-53(43)45-42(64-66(8,9)47(3,4)5)41(38(62-45)28-61-65(56,57)59-7)63-48(33-16-12-10-13-17-33,34-18-14-11-15-19-34)35-22-26-36(58-6)27-23-35/h10-27,30-31,38,41-42,45H,28-29H2,1-9H3,(H,56,57)(H2,50,51,52,54,55)/t38?,41-,42-,45-/m1/s1. The van der Waals surface area contributed by atoms with Crippen molar-refractivity contribution in [2.24, 2.45) is 0 Å². The third kappa shape index (κ3) is 10.4. The van der Waals surface area contributed by atoms with Crippen LogP contribution in [0.1, 0.15) is 69.0 Å². The van der Waals surface area contributed by atoms with E-state index in [1.807, 2.05) is 97.1 Å². The molecular weight excluding hydrogens is 882 g/mol. The molecule has 1 aliphatic heterocycles. The lowest BCUT2D eigenvalue weighted by Crippen LogP contribution is -2.52. The van der Waals surface area contributed by atoms with Gasteiger partial charge in [-0.05, 0) is 70.6 Å². The van der Waals surface area contributed by atoms with Crippen LogP contribution in [0.5, 0.6) is 11.5 Å². The predicted octanol–water partition coefficient (Wildman–Crippen LogP) is 8.70. The molecule has 4 aromatic carbocycles. The van der Waals surface area contributed by atoms with Crippen molar-refractivity contribution < 1.29 is 46.7 Å². The number of phosphoric ester groups is 1. The Balaban J connectivity index is 1.35. The molecule has 0 aliphatic carbocycles. The third-order valence-corrected chi connectivity index (χ3v) is 17.6. The summed E-state index contributed by atoms with van der Waals surface area (Å²) in [5.41, 5.74) is 1.42. The highest BCUT2D eigenvalue weighted by Gasteiger charge is 2.55. The number of H-pyrrole nitrogens is 1. The Labute approximate surface area is 385 Å². The normalized spacial score (nSPS) is 18.9. The van der Waals surface area contributed by atoms with Gasteiger partial charge in [0.25, 0.3) is 11.5 Å². The first-order chi connectivity index (χ1) is 31.4. The van der Waals surface area contributed by atoms with E-state index < -0.39 is 64.4 Å². The van der Waals surface area contributed by atoms with Gasteiger partial charge in [0.15, 0.2) is 32.3 Å². The number of anilines is 1. The number of nitrogens with zero attached hydrogens (tertiary/aromatic N) is 3. The number of fused-ring (bicyclic) bond motifs is 1. The summed E-state index contributed by atoms with van der Waals surface area (Å²) in [5, 5.41) is 2.31. The maximum atomic E-state index is 13.7. The number of carbonyl (C=O) groups is 1. The van der Waals surface area contributed by atoms with Gasteiger partial charge >= 0.3 is 7.82 Å². The number of ether oxygens (including phenoxy) is 4. The average molecular weight is 940 g/mol. The van der Waals surface area contributed by atoms with Crippen LogP contribution in [-0.2, 0) is 37.9 Å². The lowest BCUT2D eigenvalue weighted by molar-refractivity contribution is -0.118. The van der Waals surface area contributed by atoms with E-state index in [9.17, 15) is 19.0 Å². The first kappa shape index (κ1) is 48.4. The number of hydrogen-bond acceptors (Lipinski definition) is 12. The van der Waals surface area contributed by atoms with Gasteiger partial charge in [0, 0.05) is 7.11 Å². The second-order valence-electron chi connectivity index (χ2n) is 17.9. The van der Waals surface area contributed by atoms with Gasteiger partial charge in [-0.2, -0.15) is 4.98 Å². The summed E-state index contributed by atoms with van der Waals surface area (Å²) < 4.78 is 58.2. The van der Waals surface area contributed by atoms with E-state index in [0.717, 1.165) is 29.4 Å². The lowest BCUT2D eigenvalue weighted by Gasteiger charge is -2.44. The number of aromatic nitrogens is 4. The molecule has 350 valence electrons. The van der Waals surface area contributed by atoms with Gasteiger partial charge in [0.05, 0.1) is 20.0 Å². The largest absolute Gasteiger partial charge is 0.497 e. The molecule has 1 fully saturated rings. The van der Waals surface area contributed by atoms with Crippen molar-refractivity contribution in [1.82, 2.24) is 19.5 Å². The van der Waals surface area contributed by atoms with Gasteiger partial charge in [-0.15, -0.1) is 0 Å². The van der Waals surface area contributed by atoms with Crippen molar-refractivity contribution in [2.75, 3.05) is 32.8 Å². The van der Waals surface area contributed by atoms with Crippen LogP contribution < -0.4 is 20.3 Å². The van der Waals surface area contributed by atoms with Crippen LogP contribution in [0.4, 0.5) is 5.95 Å². The summed E-state index contributed by atoms with van der Waals surface area (Å²) in [6.45, 7) is 13.8.